The molecule has 0 heterocycles. The number of hydrogen-bond acceptors (Lipinski definition) is 5. The van der Waals surface area contributed by atoms with E-state index in [1.807, 2.05) is 6.08 Å². The van der Waals surface area contributed by atoms with Crippen LogP contribution < -0.4 is 5.32 Å². The Hall–Kier alpha value is -2.70. The molecule has 0 aliphatic heterocycles. The highest BCUT2D eigenvalue weighted by Gasteiger charge is 2.24. The van der Waals surface area contributed by atoms with Crippen molar-refractivity contribution in [2.45, 2.75) is 264 Å². The maximum absolute atomic E-state index is 13.2. The molecule has 3 unspecified atom stereocenters. The van der Waals surface area contributed by atoms with E-state index in [0.29, 0.717) is 19.3 Å². The van der Waals surface area contributed by atoms with Gasteiger partial charge in [-0.25, -0.2) is 0 Å². The Kier molecular flexibility index (Phi) is 47.2. The zero-order valence-electron chi connectivity index (χ0n) is 40.7. The smallest absolute Gasteiger partial charge is 0.306 e. The zero-order valence-corrected chi connectivity index (χ0v) is 40.7. The van der Waals surface area contributed by atoms with Crippen molar-refractivity contribution >= 4 is 11.9 Å². The standard InChI is InChI=1S/C56H99NO5/c1-4-7-10-13-16-19-22-25-27-29-30-32-35-38-41-44-47-52(62-56(61)49-46-43-40-37-34-31-28-26-23-20-17-14-11-8-5-2)50-55(60)57-53(51-58)54(59)48-45-42-39-36-33-24-21-18-15-12-9-6-3/h16-17,19-20,22-23,25-27,29-30,32,52-54,58-59H,4-15,18,21,24,28,31,33-51H2,1-3H3,(H,57,60)/b19-16+,20-17+,25-22+,26-23+,29-27+,32-30+. The summed E-state index contributed by atoms with van der Waals surface area (Å²) in [5, 5.41) is 23.8. The maximum atomic E-state index is 13.2. The van der Waals surface area contributed by atoms with Crippen LogP contribution in [0.2, 0.25) is 0 Å². The molecule has 6 nitrogen and oxygen atoms in total. The molecule has 0 aromatic heterocycles. The topological polar surface area (TPSA) is 95.9 Å². The predicted octanol–water partition coefficient (Wildman–Crippen LogP) is 15.8. The molecule has 3 N–H and O–H groups in total. The highest BCUT2D eigenvalue weighted by molar-refractivity contribution is 5.77. The molecular weight excluding hydrogens is 767 g/mol. The summed E-state index contributed by atoms with van der Waals surface area (Å²) in [5.41, 5.74) is 0. The van der Waals surface area contributed by atoms with Crippen LogP contribution in [0.5, 0.6) is 0 Å². The third-order valence-corrected chi connectivity index (χ3v) is 11.6. The van der Waals surface area contributed by atoms with Gasteiger partial charge >= 0.3 is 5.97 Å². The molecule has 62 heavy (non-hydrogen) atoms. The maximum Gasteiger partial charge on any atom is 0.306 e. The SMILES string of the molecule is CCCCC/C=C/C=C/C=C/C=C/CCCCCC(CC(=O)NC(CO)C(O)CCCCCCCCCCCCCC)OC(=O)CCCCCCCC/C=C/C=C/CCCCC. The summed E-state index contributed by atoms with van der Waals surface area (Å²) in [5.74, 6) is -0.527. The Balaban J connectivity index is 4.71. The van der Waals surface area contributed by atoms with Crippen LogP contribution in [0.15, 0.2) is 72.9 Å². The second-order valence-electron chi connectivity index (χ2n) is 17.7. The van der Waals surface area contributed by atoms with Crippen molar-refractivity contribution in [3.8, 4) is 0 Å². The average Bonchev–Trinajstić information content (AvgIpc) is 3.26. The van der Waals surface area contributed by atoms with Gasteiger partial charge in [0.1, 0.15) is 6.10 Å². The molecule has 358 valence electrons. The Morgan fingerprint density at radius 3 is 1.31 bits per heavy atom. The number of nitrogens with one attached hydrogen (secondary N) is 1. The minimum absolute atomic E-state index is 0.0444. The number of esters is 1. The highest BCUT2D eigenvalue weighted by Crippen LogP contribution is 2.17. The first-order chi connectivity index (χ1) is 30.5. The van der Waals surface area contributed by atoms with Gasteiger partial charge < -0.3 is 20.3 Å². The fraction of sp³-hybridized carbons (Fsp3) is 0.750. The van der Waals surface area contributed by atoms with Crippen molar-refractivity contribution in [3.05, 3.63) is 72.9 Å². The van der Waals surface area contributed by atoms with Crippen LogP contribution in [0.3, 0.4) is 0 Å². The van der Waals surface area contributed by atoms with Gasteiger partial charge in [0.2, 0.25) is 5.91 Å². The van der Waals surface area contributed by atoms with E-state index in [4.69, 9.17) is 4.74 Å². The van der Waals surface area contributed by atoms with Gasteiger partial charge in [-0.1, -0.05) is 229 Å². The fourth-order valence-corrected chi connectivity index (χ4v) is 7.61. The van der Waals surface area contributed by atoms with E-state index < -0.39 is 18.2 Å². The summed E-state index contributed by atoms with van der Waals surface area (Å²) in [7, 11) is 0. The fourth-order valence-electron chi connectivity index (χ4n) is 7.61. The number of aliphatic hydroxyl groups excluding tert-OH is 2. The molecular formula is C56H99NO5. The van der Waals surface area contributed by atoms with Gasteiger partial charge in [-0.15, -0.1) is 0 Å². The molecule has 0 saturated heterocycles. The van der Waals surface area contributed by atoms with E-state index in [1.165, 1.54) is 122 Å². The third kappa shape index (κ3) is 43.9. The van der Waals surface area contributed by atoms with Gasteiger partial charge in [-0.3, -0.25) is 9.59 Å². The van der Waals surface area contributed by atoms with Gasteiger partial charge in [0.15, 0.2) is 0 Å². The van der Waals surface area contributed by atoms with Gasteiger partial charge in [-0.05, 0) is 77.0 Å². The lowest BCUT2D eigenvalue weighted by atomic mass is 10.0. The number of amides is 1. The second kappa shape index (κ2) is 49.3. The molecule has 0 radical (unpaired) electrons. The lowest BCUT2D eigenvalue weighted by molar-refractivity contribution is -0.151. The van der Waals surface area contributed by atoms with Crippen molar-refractivity contribution in [2.75, 3.05) is 6.61 Å². The summed E-state index contributed by atoms with van der Waals surface area (Å²) in [4.78, 5) is 26.2. The summed E-state index contributed by atoms with van der Waals surface area (Å²) < 4.78 is 5.92. The second-order valence-corrected chi connectivity index (χ2v) is 17.7. The van der Waals surface area contributed by atoms with Crippen LogP contribution in [-0.4, -0.2) is 46.9 Å². The number of carbonyl (C=O) groups excluding carboxylic acids is 2. The largest absolute Gasteiger partial charge is 0.462 e. The predicted molar refractivity (Wildman–Crippen MR) is 268 cm³/mol. The van der Waals surface area contributed by atoms with Crippen LogP contribution in [0.25, 0.3) is 0 Å². The zero-order chi connectivity index (χ0) is 45.2. The molecule has 6 heteroatoms. The molecule has 0 aromatic rings. The van der Waals surface area contributed by atoms with Crippen LogP contribution in [0, 0.1) is 0 Å². The summed E-state index contributed by atoms with van der Waals surface area (Å²) in [6.07, 6.45) is 62.4. The Morgan fingerprint density at radius 1 is 0.468 bits per heavy atom. The molecule has 0 fully saturated rings. The normalized spacial score (nSPS) is 13.8. The highest BCUT2D eigenvalue weighted by atomic mass is 16.5. The van der Waals surface area contributed by atoms with Crippen LogP contribution in [0.4, 0.5) is 0 Å². The third-order valence-electron chi connectivity index (χ3n) is 11.6. The van der Waals surface area contributed by atoms with Crippen molar-refractivity contribution in [3.63, 3.8) is 0 Å². The van der Waals surface area contributed by atoms with Gasteiger partial charge in [0.25, 0.3) is 0 Å². The molecule has 0 saturated carbocycles. The Bertz CT molecular complexity index is 1150. The molecule has 1 amide bonds. The lowest BCUT2D eigenvalue weighted by Crippen LogP contribution is -2.46. The van der Waals surface area contributed by atoms with Gasteiger partial charge in [0.05, 0.1) is 25.2 Å². The summed E-state index contributed by atoms with van der Waals surface area (Å²) >= 11 is 0. The minimum atomic E-state index is -0.803. The van der Waals surface area contributed by atoms with E-state index in [9.17, 15) is 19.8 Å². The van der Waals surface area contributed by atoms with Gasteiger partial charge in [0, 0.05) is 6.42 Å². The first kappa shape index (κ1) is 59.3. The minimum Gasteiger partial charge on any atom is -0.462 e. The first-order valence-electron chi connectivity index (χ1n) is 26.2. The number of unbranched alkanes of at least 4 members (excludes halogenated alkanes) is 26. The number of aliphatic hydroxyl groups is 2. The Labute approximate surface area is 383 Å². The molecule has 0 aliphatic rings. The monoisotopic (exact) mass is 866 g/mol. The quantitative estimate of drug-likeness (QED) is 0.0322. The number of hydrogen-bond donors (Lipinski definition) is 3. The number of ether oxygens (including phenoxy) is 1. The van der Waals surface area contributed by atoms with Crippen molar-refractivity contribution in [1.29, 1.82) is 0 Å². The molecule has 3 atom stereocenters. The molecule has 0 spiro atoms. The van der Waals surface area contributed by atoms with Crippen LogP contribution in [-0.2, 0) is 14.3 Å². The van der Waals surface area contributed by atoms with E-state index in [0.717, 1.165) is 77.0 Å². The van der Waals surface area contributed by atoms with Crippen LogP contribution >= 0.6 is 0 Å². The molecule has 0 aliphatic carbocycles. The average molecular weight is 866 g/mol. The van der Waals surface area contributed by atoms with Crippen molar-refractivity contribution in [1.82, 2.24) is 5.32 Å². The van der Waals surface area contributed by atoms with Crippen LogP contribution in [0.1, 0.15) is 245 Å². The first-order valence-corrected chi connectivity index (χ1v) is 26.2. The summed E-state index contributed by atoms with van der Waals surface area (Å²) in [6.45, 7) is 6.40. The van der Waals surface area contributed by atoms with E-state index in [1.54, 1.807) is 0 Å². The Morgan fingerprint density at radius 2 is 0.823 bits per heavy atom. The molecule has 0 bridgehead atoms. The number of rotatable bonds is 46. The molecule has 0 rings (SSSR count). The number of allylic oxidation sites excluding steroid dienone is 12. The summed E-state index contributed by atoms with van der Waals surface area (Å²) in [6, 6.07) is -0.719. The van der Waals surface area contributed by atoms with E-state index in [2.05, 4.69) is 92.9 Å². The lowest BCUT2D eigenvalue weighted by Gasteiger charge is -2.24. The van der Waals surface area contributed by atoms with Gasteiger partial charge in [-0.2, -0.15) is 0 Å². The number of carbonyl (C=O) groups is 2. The van der Waals surface area contributed by atoms with E-state index >= 15 is 0 Å². The van der Waals surface area contributed by atoms with E-state index in [-0.39, 0.29) is 24.9 Å². The van der Waals surface area contributed by atoms with Crippen molar-refractivity contribution < 1.29 is 24.5 Å². The van der Waals surface area contributed by atoms with Crippen molar-refractivity contribution in [2.24, 2.45) is 0 Å². The molecule has 0 aromatic carbocycles.